The van der Waals surface area contributed by atoms with Crippen LogP contribution in [0.25, 0.3) is 11.2 Å². The molecule has 0 fully saturated rings. The van der Waals surface area contributed by atoms with E-state index in [9.17, 15) is 0 Å². The van der Waals surface area contributed by atoms with Crippen LogP contribution in [0.3, 0.4) is 0 Å². The molecule has 0 amide bonds. The molecule has 0 saturated heterocycles. The van der Waals surface area contributed by atoms with Gasteiger partial charge < -0.3 is 10.3 Å². The lowest BCUT2D eigenvalue weighted by molar-refractivity contribution is 0.948. The minimum atomic E-state index is 0.668. The van der Waals surface area contributed by atoms with Gasteiger partial charge in [0.2, 0.25) is 0 Å². The maximum atomic E-state index is 5.55. The molecule has 0 saturated carbocycles. The van der Waals surface area contributed by atoms with Gasteiger partial charge in [-0.15, -0.1) is 0 Å². The standard InChI is InChI=1S/C7H8N4/c1-11-4-10-7-6(11)2-5(8)3-9-7/h2-4H,8H2,1H3. The van der Waals surface area contributed by atoms with E-state index in [1.807, 2.05) is 17.7 Å². The fraction of sp³-hybridized carbons (Fsp3) is 0.143. The van der Waals surface area contributed by atoms with Gasteiger partial charge in [0.15, 0.2) is 5.65 Å². The number of hydrogen-bond donors (Lipinski definition) is 1. The molecule has 2 N–H and O–H groups in total. The molecule has 2 aromatic heterocycles. The molecule has 2 rings (SSSR count). The van der Waals surface area contributed by atoms with Crippen molar-refractivity contribution in [1.82, 2.24) is 14.5 Å². The molecule has 0 aromatic carbocycles. The van der Waals surface area contributed by atoms with Crippen LogP contribution < -0.4 is 5.73 Å². The third-order valence-corrected chi connectivity index (χ3v) is 1.60. The number of nitrogen functional groups attached to an aromatic ring is 1. The number of nitrogens with zero attached hydrogens (tertiary/aromatic N) is 3. The van der Waals surface area contributed by atoms with Crippen LogP contribution in [0.15, 0.2) is 18.6 Å². The molecule has 0 aliphatic carbocycles. The predicted octanol–water partition coefficient (Wildman–Crippen LogP) is 0.550. The molecular formula is C7H8N4. The van der Waals surface area contributed by atoms with Crippen molar-refractivity contribution in [1.29, 1.82) is 0 Å². The van der Waals surface area contributed by atoms with Crippen LogP contribution in [0.1, 0.15) is 0 Å². The Morgan fingerprint density at radius 3 is 3.09 bits per heavy atom. The highest BCUT2D eigenvalue weighted by atomic mass is 15.1. The van der Waals surface area contributed by atoms with Crippen molar-refractivity contribution in [2.45, 2.75) is 0 Å². The number of aryl methyl sites for hydroxylation is 1. The lowest BCUT2D eigenvalue weighted by atomic mass is 10.4. The van der Waals surface area contributed by atoms with Crippen molar-refractivity contribution in [2.24, 2.45) is 7.05 Å². The van der Waals surface area contributed by atoms with Gasteiger partial charge in [-0.05, 0) is 6.07 Å². The number of imidazole rings is 1. The first kappa shape index (κ1) is 6.15. The van der Waals surface area contributed by atoms with E-state index in [1.54, 1.807) is 12.5 Å². The summed E-state index contributed by atoms with van der Waals surface area (Å²) < 4.78 is 1.89. The molecule has 0 spiro atoms. The minimum Gasteiger partial charge on any atom is -0.397 e. The van der Waals surface area contributed by atoms with E-state index in [0.29, 0.717) is 5.69 Å². The van der Waals surface area contributed by atoms with Gasteiger partial charge in [-0.25, -0.2) is 9.97 Å². The summed E-state index contributed by atoms with van der Waals surface area (Å²) in [5.41, 5.74) is 7.92. The Balaban J connectivity index is 2.87. The molecule has 2 aromatic rings. The monoisotopic (exact) mass is 148 g/mol. The molecule has 0 radical (unpaired) electrons. The van der Waals surface area contributed by atoms with Crippen LogP contribution in [-0.4, -0.2) is 14.5 Å². The smallest absolute Gasteiger partial charge is 0.177 e. The third kappa shape index (κ3) is 0.832. The molecule has 0 unspecified atom stereocenters. The SMILES string of the molecule is Cn1cnc2ncc(N)cc21. The van der Waals surface area contributed by atoms with Crippen molar-refractivity contribution in [3.8, 4) is 0 Å². The lowest BCUT2D eigenvalue weighted by Gasteiger charge is -1.93. The van der Waals surface area contributed by atoms with Gasteiger partial charge in [0, 0.05) is 7.05 Å². The molecule has 0 aliphatic heterocycles. The number of fused-ring (bicyclic) bond motifs is 1. The number of aromatic nitrogens is 3. The van der Waals surface area contributed by atoms with E-state index in [-0.39, 0.29) is 0 Å². The number of pyridine rings is 1. The van der Waals surface area contributed by atoms with Gasteiger partial charge in [-0.1, -0.05) is 0 Å². The maximum absolute atomic E-state index is 5.55. The van der Waals surface area contributed by atoms with Crippen LogP contribution in [-0.2, 0) is 7.05 Å². The topological polar surface area (TPSA) is 56.7 Å². The number of nitrogens with two attached hydrogens (primary N) is 1. The van der Waals surface area contributed by atoms with Crippen LogP contribution in [0.5, 0.6) is 0 Å². The van der Waals surface area contributed by atoms with Gasteiger partial charge in [0.05, 0.1) is 23.7 Å². The summed E-state index contributed by atoms with van der Waals surface area (Å²) in [5.74, 6) is 0. The molecular weight excluding hydrogens is 140 g/mol. The van der Waals surface area contributed by atoms with Crippen molar-refractivity contribution in [3.63, 3.8) is 0 Å². The van der Waals surface area contributed by atoms with E-state index >= 15 is 0 Å². The van der Waals surface area contributed by atoms with Crippen LogP contribution in [0.4, 0.5) is 5.69 Å². The van der Waals surface area contributed by atoms with E-state index in [1.165, 1.54) is 0 Å². The van der Waals surface area contributed by atoms with E-state index in [2.05, 4.69) is 9.97 Å². The van der Waals surface area contributed by atoms with Crippen molar-refractivity contribution >= 4 is 16.9 Å². The normalized spacial score (nSPS) is 10.6. The predicted molar refractivity (Wildman–Crippen MR) is 42.9 cm³/mol. The van der Waals surface area contributed by atoms with Crippen molar-refractivity contribution < 1.29 is 0 Å². The Hall–Kier alpha value is -1.58. The molecule has 2 heterocycles. The number of anilines is 1. The quantitative estimate of drug-likeness (QED) is 0.593. The Bertz CT molecular complexity index is 390. The first-order valence-corrected chi connectivity index (χ1v) is 3.30. The van der Waals surface area contributed by atoms with Crippen LogP contribution in [0.2, 0.25) is 0 Å². The van der Waals surface area contributed by atoms with Gasteiger partial charge in [0.1, 0.15) is 0 Å². The largest absolute Gasteiger partial charge is 0.397 e. The second-order valence-electron chi connectivity index (χ2n) is 2.47. The van der Waals surface area contributed by atoms with Gasteiger partial charge in [-0.2, -0.15) is 0 Å². The summed E-state index contributed by atoms with van der Waals surface area (Å²) in [4.78, 5) is 8.10. The Morgan fingerprint density at radius 2 is 2.27 bits per heavy atom. The Kier molecular flexibility index (Phi) is 1.09. The minimum absolute atomic E-state index is 0.668. The summed E-state index contributed by atoms with van der Waals surface area (Å²) in [6.45, 7) is 0. The average Bonchev–Trinajstić information content (AvgIpc) is 2.33. The summed E-state index contributed by atoms with van der Waals surface area (Å²) in [5, 5.41) is 0. The second-order valence-corrected chi connectivity index (χ2v) is 2.47. The summed E-state index contributed by atoms with van der Waals surface area (Å²) in [7, 11) is 1.91. The molecule has 56 valence electrons. The second kappa shape index (κ2) is 1.95. The Labute approximate surface area is 63.7 Å². The molecule has 11 heavy (non-hydrogen) atoms. The van der Waals surface area contributed by atoms with Crippen LogP contribution in [0, 0.1) is 0 Å². The zero-order chi connectivity index (χ0) is 7.84. The zero-order valence-corrected chi connectivity index (χ0v) is 6.15. The first-order valence-electron chi connectivity index (χ1n) is 3.30. The van der Waals surface area contributed by atoms with Crippen molar-refractivity contribution in [2.75, 3.05) is 5.73 Å². The number of hydrogen-bond acceptors (Lipinski definition) is 3. The number of rotatable bonds is 0. The van der Waals surface area contributed by atoms with Crippen LogP contribution >= 0.6 is 0 Å². The summed E-state index contributed by atoms with van der Waals surface area (Å²) >= 11 is 0. The van der Waals surface area contributed by atoms with Gasteiger partial charge in [0.25, 0.3) is 0 Å². The van der Waals surface area contributed by atoms with E-state index in [0.717, 1.165) is 11.2 Å². The highest BCUT2D eigenvalue weighted by Gasteiger charge is 1.98. The molecule has 0 atom stereocenters. The van der Waals surface area contributed by atoms with E-state index in [4.69, 9.17) is 5.73 Å². The van der Waals surface area contributed by atoms with Gasteiger partial charge >= 0.3 is 0 Å². The maximum Gasteiger partial charge on any atom is 0.177 e. The average molecular weight is 148 g/mol. The third-order valence-electron chi connectivity index (χ3n) is 1.60. The summed E-state index contributed by atoms with van der Waals surface area (Å²) in [6.07, 6.45) is 3.33. The zero-order valence-electron chi connectivity index (χ0n) is 6.15. The highest BCUT2D eigenvalue weighted by molar-refractivity contribution is 5.74. The van der Waals surface area contributed by atoms with Gasteiger partial charge in [-0.3, -0.25) is 0 Å². The van der Waals surface area contributed by atoms with E-state index < -0.39 is 0 Å². The fourth-order valence-corrected chi connectivity index (χ4v) is 1.02. The summed E-state index contributed by atoms with van der Waals surface area (Å²) in [6, 6.07) is 1.86. The first-order chi connectivity index (χ1) is 5.27. The molecule has 4 nitrogen and oxygen atoms in total. The molecule has 0 aliphatic rings. The van der Waals surface area contributed by atoms with Crippen molar-refractivity contribution in [3.05, 3.63) is 18.6 Å². The highest BCUT2D eigenvalue weighted by Crippen LogP contribution is 2.11. The molecule has 0 bridgehead atoms. The molecule has 4 heteroatoms. The Morgan fingerprint density at radius 1 is 1.45 bits per heavy atom. The lowest BCUT2D eigenvalue weighted by Crippen LogP contribution is -1.89. The fourth-order valence-electron chi connectivity index (χ4n) is 1.02.